The second-order valence-corrected chi connectivity index (χ2v) is 7.76. The van der Waals surface area contributed by atoms with E-state index in [9.17, 15) is 19.5 Å². The molecule has 8 nitrogen and oxygen atoms in total. The van der Waals surface area contributed by atoms with Crippen LogP contribution in [0.2, 0.25) is 0 Å². The Morgan fingerprint density at radius 2 is 2.03 bits per heavy atom. The maximum absolute atomic E-state index is 12.8. The topological polar surface area (TPSA) is 110 Å². The van der Waals surface area contributed by atoms with Crippen LogP contribution in [0.3, 0.4) is 0 Å². The minimum atomic E-state index is -0.601. The zero-order valence-corrected chi connectivity index (χ0v) is 17.3. The predicted octanol–water partition coefficient (Wildman–Crippen LogP) is 1.15. The van der Waals surface area contributed by atoms with Gasteiger partial charge in [-0.3, -0.25) is 14.4 Å². The molecule has 160 valence electrons. The van der Waals surface area contributed by atoms with Crippen molar-refractivity contribution in [3.63, 3.8) is 0 Å². The Labute approximate surface area is 174 Å². The fourth-order valence-corrected chi connectivity index (χ4v) is 3.10. The Hall–Kier alpha value is -3.13. The van der Waals surface area contributed by atoms with E-state index in [0.29, 0.717) is 11.7 Å². The number of hydrogen-bond donors (Lipinski definition) is 3. The number of hydrogen-bond acceptors (Lipinski definition) is 5. The highest BCUT2D eigenvalue weighted by atomic mass is 16.5. The third kappa shape index (κ3) is 5.27. The van der Waals surface area contributed by atoms with Crippen LogP contribution in [0.15, 0.2) is 41.3 Å². The zero-order valence-electron chi connectivity index (χ0n) is 17.3. The number of aliphatic hydroxyl groups is 1. The van der Waals surface area contributed by atoms with Crippen LogP contribution in [-0.4, -0.2) is 47.3 Å². The molecule has 0 unspecified atom stereocenters. The lowest BCUT2D eigenvalue weighted by atomic mass is 10.1. The molecule has 1 heterocycles. The Balaban J connectivity index is 1.90. The van der Waals surface area contributed by atoms with E-state index >= 15 is 0 Å². The van der Waals surface area contributed by atoms with Gasteiger partial charge >= 0.3 is 0 Å². The number of aromatic nitrogens is 1. The Bertz CT molecular complexity index is 999. The van der Waals surface area contributed by atoms with E-state index in [2.05, 4.69) is 17.6 Å². The average molecular weight is 413 g/mol. The number of aliphatic hydroxyl groups excluding tert-OH is 1. The van der Waals surface area contributed by atoms with Crippen LogP contribution in [0, 0.1) is 5.92 Å². The Kier molecular flexibility index (Phi) is 6.56. The van der Waals surface area contributed by atoms with Crippen LogP contribution in [0.4, 0.5) is 0 Å². The van der Waals surface area contributed by atoms with Gasteiger partial charge in [0.25, 0.3) is 17.4 Å². The molecule has 1 aliphatic carbocycles. The molecule has 1 fully saturated rings. The molecule has 0 saturated heterocycles. The first-order valence-corrected chi connectivity index (χ1v) is 9.95. The number of nitrogens with one attached hydrogen (secondary N) is 2. The molecule has 30 heavy (non-hydrogen) atoms. The van der Waals surface area contributed by atoms with Gasteiger partial charge in [-0.15, -0.1) is 0 Å². The number of carbonyl (C=O) groups excluding carboxylic acids is 2. The summed E-state index contributed by atoms with van der Waals surface area (Å²) in [6.07, 6.45) is 1.80. The zero-order chi connectivity index (χ0) is 21.8. The third-order valence-electron chi connectivity index (χ3n) is 4.99. The molecule has 0 aliphatic heterocycles. The highest BCUT2D eigenvalue weighted by Crippen LogP contribution is 2.29. The molecule has 2 amide bonds. The summed E-state index contributed by atoms with van der Waals surface area (Å²) < 4.78 is 6.86. The minimum absolute atomic E-state index is 0.0875. The van der Waals surface area contributed by atoms with Crippen LogP contribution in [0.25, 0.3) is 0 Å². The fraction of sp³-hybridized carbons (Fsp3) is 0.409. The second kappa shape index (κ2) is 9.13. The second-order valence-electron chi connectivity index (χ2n) is 7.76. The molecule has 0 spiro atoms. The molecule has 3 N–H and O–H groups in total. The number of carbonyl (C=O) groups is 2. The van der Waals surface area contributed by atoms with E-state index in [1.807, 2.05) is 6.07 Å². The summed E-state index contributed by atoms with van der Waals surface area (Å²) in [6, 6.07) is 8.58. The van der Waals surface area contributed by atoms with E-state index in [-0.39, 0.29) is 36.2 Å². The average Bonchev–Trinajstić information content (AvgIpc) is 3.41. The van der Waals surface area contributed by atoms with Crippen LogP contribution >= 0.6 is 0 Å². The maximum atomic E-state index is 12.8. The summed E-state index contributed by atoms with van der Waals surface area (Å²) in [5.41, 5.74) is 0.446. The molecule has 1 aromatic carbocycles. The first-order valence-electron chi connectivity index (χ1n) is 9.95. The van der Waals surface area contributed by atoms with Crippen molar-refractivity contribution in [3.8, 4) is 5.75 Å². The molecule has 2 aromatic rings. The van der Waals surface area contributed by atoms with Crippen molar-refractivity contribution in [1.29, 1.82) is 0 Å². The van der Waals surface area contributed by atoms with Crippen molar-refractivity contribution in [2.75, 3.05) is 13.7 Å². The molecule has 3 atom stereocenters. The number of rotatable bonds is 8. The number of benzene rings is 1. The van der Waals surface area contributed by atoms with Crippen LogP contribution in [0.1, 0.15) is 46.5 Å². The summed E-state index contributed by atoms with van der Waals surface area (Å²) in [7, 11) is 1.44. The molecule has 8 heteroatoms. The van der Waals surface area contributed by atoms with Crippen LogP contribution < -0.4 is 20.9 Å². The monoisotopic (exact) mass is 413 g/mol. The van der Waals surface area contributed by atoms with E-state index < -0.39 is 17.6 Å². The molecule has 0 radical (unpaired) electrons. The van der Waals surface area contributed by atoms with Gasteiger partial charge in [0.1, 0.15) is 17.9 Å². The summed E-state index contributed by atoms with van der Waals surface area (Å²) in [6.45, 7) is 3.99. The van der Waals surface area contributed by atoms with Crippen molar-refractivity contribution >= 4 is 11.8 Å². The largest absolute Gasteiger partial charge is 0.491 e. The Morgan fingerprint density at radius 3 is 2.67 bits per heavy atom. The Morgan fingerprint density at radius 1 is 1.30 bits per heavy atom. The van der Waals surface area contributed by atoms with Crippen molar-refractivity contribution < 1.29 is 19.4 Å². The van der Waals surface area contributed by atoms with Gasteiger partial charge in [0.05, 0.1) is 18.2 Å². The van der Waals surface area contributed by atoms with Gasteiger partial charge in [0.2, 0.25) is 0 Å². The summed E-state index contributed by atoms with van der Waals surface area (Å²) in [5, 5.41) is 14.7. The van der Waals surface area contributed by atoms with Gasteiger partial charge in [0.15, 0.2) is 0 Å². The van der Waals surface area contributed by atoms with Crippen molar-refractivity contribution in [2.24, 2.45) is 5.92 Å². The summed E-state index contributed by atoms with van der Waals surface area (Å²) in [5.74, 6) is 0.140. The quantitative estimate of drug-likeness (QED) is 0.602. The standard InChI is InChI=1S/C22H27N3O5/c1-13-7-19(13)24-20(27)16-9-18(21(28)23-3)22(29)25(11-16)10-15-5-4-6-17(8-15)30-12-14(2)26/h4-6,8-9,11,13-14,19,26H,7,10,12H2,1-3H3,(H,23,28)(H,24,27)/t13-,14-,19-/m0/s1. The van der Waals surface area contributed by atoms with Crippen LogP contribution in [-0.2, 0) is 6.54 Å². The summed E-state index contributed by atoms with van der Waals surface area (Å²) >= 11 is 0. The van der Waals surface area contributed by atoms with Gasteiger partial charge in [0, 0.05) is 19.3 Å². The molecular weight excluding hydrogens is 386 g/mol. The summed E-state index contributed by atoms with van der Waals surface area (Å²) in [4.78, 5) is 37.7. The number of ether oxygens (including phenoxy) is 1. The van der Waals surface area contributed by atoms with Gasteiger partial charge < -0.3 is 25.0 Å². The predicted molar refractivity (Wildman–Crippen MR) is 112 cm³/mol. The fourth-order valence-electron chi connectivity index (χ4n) is 3.10. The highest BCUT2D eigenvalue weighted by Gasteiger charge is 2.34. The smallest absolute Gasteiger partial charge is 0.263 e. The number of pyridine rings is 1. The normalized spacial score (nSPS) is 18.4. The number of nitrogens with zero attached hydrogens (tertiary/aromatic N) is 1. The van der Waals surface area contributed by atoms with Gasteiger partial charge in [-0.05, 0) is 43.0 Å². The molecular formula is C22H27N3O5. The molecule has 0 bridgehead atoms. The first-order chi connectivity index (χ1) is 14.3. The lowest BCUT2D eigenvalue weighted by Crippen LogP contribution is -2.34. The van der Waals surface area contributed by atoms with Crippen LogP contribution in [0.5, 0.6) is 5.75 Å². The number of amides is 2. The lowest BCUT2D eigenvalue weighted by Gasteiger charge is -2.13. The molecule has 1 saturated carbocycles. The maximum Gasteiger partial charge on any atom is 0.263 e. The molecule has 1 aliphatic rings. The van der Waals surface area contributed by atoms with Gasteiger partial charge in [-0.25, -0.2) is 0 Å². The van der Waals surface area contributed by atoms with E-state index in [1.54, 1.807) is 25.1 Å². The lowest BCUT2D eigenvalue weighted by molar-refractivity contribution is 0.0948. The minimum Gasteiger partial charge on any atom is -0.491 e. The van der Waals surface area contributed by atoms with Gasteiger partial charge in [-0.1, -0.05) is 19.1 Å². The highest BCUT2D eigenvalue weighted by molar-refractivity contribution is 5.99. The van der Waals surface area contributed by atoms with Crippen molar-refractivity contribution in [2.45, 2.75) is 39.0 Å². The molecule has 1 aromatic heterocycles. The molecule has 3 rings (SSSR count). The van der Waals surface area contributed by atoms with Crippen molar-refractivity contribution in [3.05, 3.63) is 63.6 Å². The SMILES string of the molecule is CNC(=O)c1cc(C(=O)N[C@H]2C[C@@H]2C)cn(Cc2cccc(OC[C@H](C)O)c2)c1=O. The van der Waals surface area contributed by atoms with E-state index in [0.717, 1.165) is 12.0 Å². The van der Waals surface area contributed by atoms with E-state index in [1.165, 1.54) is 23.9 Å². The first kappa shape index (κ1) is 21.6. The third-order valence-corrected chi connectivity index (χ3v) is 4.99. The van der Waals surface area contributed by atoms with Crippen molar-refractivity contribution in [1.82, 2.24) is 15.2 Å². The van der Waals surface area contributed by atoms with E-state index in [4.69, 9.17) is 4.74 Å². The van der Waals surface area contributed by atoms with Gasteiger partial charge in [-0.2, -0.15) is 0 Å².